The average molecular weight is 310 g/mol. The molecule has 0 saturated carbocycles. The van der Waals surface area contributed by atoms with Crippen LogP contribution in [-0.2, 0) is 10.0 Å². The van der Waals surface area contributed by atoms with Crippen LogP contribution in [0.4, 0.5) is 0 Å². The highest BCUT2D eigenvalue weighted by atomic mass is 32.2. The second kappa shape index (κ2) is 7.78. The molecule has 3 N–H and O–H groups in total. The van der Waals surface area contributed by atoms with E-state index < -0.39 is 10.0 Å². The number of hydrogen-bond acceptors (Lipinski definition) is 4. The summed E-state index contributed by atoms with van der Waals surface area (Å²) in [4.78, 5) is 12.0. The molecule has 1 aromatic rings. The van der Waals surface area contributed by atoms with Gasteiger partial charge in [-0.1, -0.05) is 11.8 Å². The second-order valence-corrected chi connectivity index (χ2v) is 6.30. The number of hydrogen-bond donors (Lipinski definition) is 3. The van der Waals surface area contributed by atoms with Gasteiger partial charge < -0.3 is 10.4 Å². The minimum absolute atomic E-state index is 0.133. The van der Waals surface area contributed by atoms with Crippen LogP contribution in [0.2, 0.25) is 0 Å². The van der Waals surface area contributed by atoms with Crippen molar-refractivity contribution in [2.24, 2.45) is 0 Å². The fourth-order valence-electron chi connectivity index (χ4n) is 1.64. The molecule has 0 bridgehead atoms. The molecule has 0 radical (unpaired) electrons. The van der Waals surface area contributed by atoms with Crippen molar-refractivity contribution >= 4 is 15.9 Å². The van der Waals surface area contributed by atoms with E-state index in [9.17, 15) is 13.2 Å². The second-order valence-electron chi connectivity index (χ2n) is 4.47. The minimum atomic E-state index is -3.25. The Bertz CT molecular complexity index is 672. The van der Waals surface area contributed by atoms with E-state index in [-0.39, 0.29) is 25.6 Å². The van der Waals surface area contributed by atoms with Gasteiger partial charge in [0.15, 0.2) is 0 Å². The lowest BCUT2D eigenvalue weighted by atomic mass is 10.1. The summed E-state index contributed by atoms with van der Waals surface area (Å²) in [6.07, 6.45) is 1.06. The summed E-state index contributed by atoms with van der Waals surface area (Å²) in [5.74, 6) is 4.97. The highest BCUT2D eigenvalue weighted by molar-refractivity contribution is 7.88. The summed E-state index contributed by atoms with van der Waals surface area (Å²) < 4.78 is 24.0. The predicted molar refractivity (Wildman–Crippen MR) is 80.3 cm³/mol. The number of rotatable bonds is 5. The number of aliphatic hydroxyl groups is 1. The number of aliphatic hydroxyl groups excluding tert-OH is 1. The topological polar surface area (TPSA) is 95.5 Å². The first kappa shape index (κ1) is 17.2. The molecule has 0 aliphatic heterocycles. The van der Waals surface area contributed by atoms with Crippen molar-refractivity contribution in [2.75, 3.05) is 26.0 Å². The molecule has 0 unspecified atom stereocenters. The molecule has 0 aliphatic rings. The Kier molecular flexibility index (Phi) is 6.37. The molecule has 7 heteroatoms. The van der Waals surface area contributed by atoms with Gasteiger partial charge in [-0.05, 0) is 30.7 Å². The predicted octanol–water partition coefficient (Wildman–Crippen LogP) is -0.382. The fourth-order valence-corrected chi connectivity index (χ4v) is 2.12. The molecule has 6 nitrogen and oxygen atoms in total. The average Bonchev–Trinajstić information content (AvgIpc) is 2.39. The van der Waals surface area contributed by atoms with Crippen molar-refractivity contribution in [1.82, 2.24) is 10.0 Å². The molecule has 0 spiro atoms. The number of amides is 1. The molecule has 0 saturated heterocycles. The van der Waals surface area contributed by atoms with E-state index in [0.29, 0.717) is 11.1 Å². The Morgan fingerprint density at radius 3 is 2.62 bits per heavy atom. The van der Waals surface area contributed by atoms with Gasteiger partial charge in [-0.3, -0.25) is 4.79 Å². The van der Waals surface area contributed by atoms with Crippen LogP contribution < -0.4 is 10.0 Å². The van der Waals surface area contributed by atoms with E-state index in [1.165, 1.54) is 0 Å². The quantitative estimate of drug-likeness (QED) is 0.510. The van der Waals surface area contributed by atoms with Crippen molar-refractivity contribution < 1.29 is 18.3 Å². The normalized spacial score (nSPS) is 10.6. The highest BCUT2D eigenvalue weighted by Crippen LogP contribution is 2.09. The zero-order chi connectivity index (χ0) is 15.9. The number of nitrogens with one attached hydrogen (secondary N) is 2. The number of carbonyl (C=O) groups excluding carboxylic acids is 1. The molecule has 0 fully saturated rings. The van der Waals surface area contributed by atoms with Crippen LogP contribution in [0, 0.1) is 18.8 Å². The maximum atomic E-state index is 12.0. The Balaban J connectivity index is 2.67. The fraction of sp³-hybridized carbons (Fsp3) is 0.357. The number of sulfonamides is 1. The lowest BCUT2D eigenvalue weighted by molar-refractivity contribution is 0.0954. The van der Waals surface area contributed by atoms with Gasteiger partial charge >= 0.3 is 0 Å². The number of benzene rings is 1. The van der Waals surface area contributed by atoms with Gasteiger partial charge in [-0.25, -0.2) is 13.1 Å². The Labute approximate surface area is 124 Å². The lowest BCUT2D eigenvalue weighted by Gasteiger charge is -2.07. The van der Waals surface area contributed by atoms with Gasteiger partial charge in [0.1, 0.15) is 6.61 Å². The zero-order valence-electron chi connectivity index (χ0n) is 11.9. The van der Waals surface area contributed by atoms with Gasteiger partial charge in [-0.15, -0.1) is 0 Å². The zero-order valence-corrected chi connectivity index (χ0v) is 12.8. The van der Waals surface area contributed by atoms with E-state index in [4.69, 9.17) is 5.11 Å². The van der Waals surface area contributed by atoms with Crippen molar-refractivity contribution in [1.29, 1.82) is 0 Å². The first-order valence-electron chi connectivity index (χ1n) is 6.26. The monoisotopic (exact) mass is 310 g/mol. The van der Waals surface area contributed by atoms with Crippen LogP contribution in [0.25, 0.3) is 0 Å². The van der Waals surface area contributed by atoms with E-state index in [0.717, 1.165) is 11.8 Å². The van der Waals surface area contributed by atoms with Gasteiger partial charge in [-0.2, -0.15) is 0 Å². The first-order valence-corrected chi connectivity index (χ1v) is 8.15. The third-order valence-corrected chi connectivity index (χ3v) is 3.15. The Morgan fingerprint density at radius 1 is 1.29 bits per heavy atom. The van der Waals surface area contributed by atoms with E-state index in [1.807, 2.05) is 13.0 Å². The van der Waals surface area contributed by atoms with Crippen molar-refractivity contribution in [3.63, 3.8) is 0 Å². The number of aryl methyl sites for hydroxylation is 1. The number of carbonyl (C=O) groups is 1. The van der Waals surface area contributed by atoms with Crippen LogP contribution in [0.1, 0.15) is 21.5 Å². The summed E-state index contributed by atoms with van der Waals surface area (Å²) in [6.45, 7) is 1.92. The maximum Gasteiger partial charge on any atom is 0.251 e. The maximum absolute atomic E-state index is 12.0. The summed E-state index contributed by atoms with van der Waals surface area (Å²) in [6, 6.07) is 5.14. The molecular formula is C14H18N2O4S. The third-order valence-electron chi connectivity index (χ3n) is 2.43. The van der Waals surface area contributed by atoms with Crippen molar-refractivity contribution in [3.8, 4) is 11.8 Å². The molecule has 21 heavy (non-hydrogen) atoms. The Morgan fingerprint density at radius 2 is 2.00 bits per heavy atom. The van der Waals surface area contributed by atoms with Gasteiger partial charge in [0, 0.05) is 24.2 Å². The highest BCUT2D eigenvalue weighted by Gasteiger charge is 2.07. The molecule has 0 aliphatic carbocycles. The third kappa shape index (κ3) is 6.90. The smallest absolute Gasteiger partial charge is 0.251 e. The molecule has 0 aromatic heterocycles. The first-order chi connectivity index (χ1) is 9.81. The molecule has 0 atom stereocenters. The largest absolute Gasteiger partial charge is 0.384 e. The Hall–Kier alpha value is -1.88. The van der Waals surface area contributed by atoms with Crippen molar-refractivity contribution in [2.45, 2.75) is 6.92 Å². The van der Waals surface area contributed by atoms with Crippen LogP contribution in [0.15, 0.2) is 18.2 Å². The SMILES string of the molecule is Cc1cc(C#CCO)cc(C(=O)NCCNS(C)(=O)=O)c1. The molecule has 1 rings (SSSR count). The lowest BCUT2D eigenvalue weighted by Crippen LogP contribution is -2.34. The van der Waals surface area contributed by atoms with Crippen LogP contribution >= 0.6 is 0 Å². The standard InChI is InChI=1S/C14H18N2O4S/c1-11-8-12(4-3-7-17)10-13(9-11)14(18)15-5-6-16-21(2,19)20/h8-10,16-17H,5-7H2,1-2H3,(H,15,18). The van der Waals surface area contributed by atoms with Crippen LogP contribution in [0.5, 0.6) is 0 Å². The molecule has 0 heterocycles. The van der Waals surface area contributed by atoms with Crippen molar-refractivity contribution in [3.05, 3.63) is 34.9 Å². The molecular weight excluding hydrogens is 292 g/mol. The molecule has 1 aromatic carbocycles. The summed E-state index contributed by atoms with van der Waals surface area (Å²) in [5, 5.41) is 11.3. The molecule has 114 valence electrons. The summed E-state index contributed by atoms with van der Waals surface area (Å²) >= 11 is 0. The van der Waals surface area contributed by atoms with Gasteiger partial charge in [0.05, 0.1) is 6.26 Å². The van der Waals surface area contributed by atoms with E-state index in [2.05, 4.69) is 21.9 Å². The van der Waals surface area contributed by atoms with Gasteiger partial charge in [0.25, 0.3) is 5.91 Å². The van der Waals surface area contributed by atoms with Gasteiger partial charge in [0.2, 0.25) is 10.0 Å². The molecule has 1 amide bonds. The van der Waals surface area contributed by atoms with E-state index in [1.54, 1.807) is 12.1 Å². The van der Waals surface area contributed by atoms with Crippen LogP contribution in [0.3, 0.4) is 0 Å². The van der Waals surface area contributed by atoms with E-state index >= 15 is 0 Å². The summed E-state index contributed by atoms with van der Waals surface area (Å²) in [7, 11) is -3.25. The minimum Gasteiger partial charge on any atom is -0.384 e. The van der Waals surface area contributed by atoms with Crippen LogP contribution in [-0.4, -0.2) is 45.4 Å². The summed E-state index contributed by atoms with van der Waals surface area (Å²) in [5.41, 5.74) is 1.96.